The summed E-state index contributed by atoms with van der Waals surface area (Å²) in [6.45, 7) is 1.97. The second-order valence-corrected chi connectivity index (χ2v) is 14.4. The minimum absolute atomic E-state index is 0.0907. The van der Waals surface area contributed by atoms with E-state index in [1.54, 1.807) is 0 Å². The van der Waals surface area contributed by atoms with Crippen LogP contribution in [0.3, 0.4) is 0 Å². The number of aliphatic hydroxyl groups excluding tert-OH is 2. The van der Waals surface area contributed by atoms with Crippen molar-refractivity contribution in [3.63, 3.8) is 0 Å². The molecule has 0 radical (unpaired) electrons. The first-order valence-electron chi connectivity index (χ1n) is 17.1. The zero-order valence-corrected chi connectivity index (χ0v) is 24.5. The van der Waals surface area contributed by atoms with Gasteiger partial charge in [-0.15, -0.1) is 0 Å². The van der Waals surface area contributed by atoms with Gasteiger partial charge in [-0.25, -0.2) is 0 Å². The Kier molecular flexibility index (Phi) is 9.00. The highest BCUT2D eigenvalue weighted by atomic mass is 16.8. The summed E-state index contributed by atoms with van der Waals surface area (Å²) in [6.07, 6.45) is 19.0. The van der Waals surface area contributed by atoms with Gasteiger partial charge in [0, 0.05) is 29.6 Å². The topological polar surface area (TPSA) is 88.4 Å². The van der Waals surface area contributed by atoms with Crippen molar-refractivity contribution in [3.05, 3.63) is 0 Å². The quantitative estimate of drug-likeness (QED) is 0.341. The summed E-state index contributed by atoms with van der Waals surface area (Å²) in [6, 6.07) is 0. The van der Waals surface area contributed by atoms with Gasteiger partial charge in [0.2, 0.25) is 0 Å². The number of aliphatic hydroxyl groups is 3. The molecule has 0 aromatic carbocycles. The van der Waals surface area contributed by atoms with Gasteiger partial charge in [-0.3, -0.25) is 0 Å². The standard InChI is InChI=1S/C33H56O6/c1-22-27(34)30-31(39-33(38-30,25-18-10-4-11-19-25)26-20-12-5-13-21-26)28(35)29(22)37-32(36,23-14-6-2-7-15-23)24-16-8-3-9-17-24/h22-31,34-36H,2-21H2,1H3/t22?,27-,28-,29+,30+,31+/m1/s1. The van der Waals surface area contributed by atoms with Gasteiger partial charge in [-0.05, 0) is 51.4 Å². The molecule has 6 atom stereocenters. The average Bonchev–Trinajstić information content (AvgIpc) is 3.43. The second kappa shape index (κ2) is 12.2. The minimum atomic E-state index is -1.25. The molecule has 0 bridgehead atoms. The van der Waals surface area contributed by atoms with Gasteiger partial charge in [0.15, 0.2) is 11.6 Å². The number of fused-ring (bicyclic) bond motifs is 1. The zero-order chi connectivity index (χ0) is 27.0. The van der Waals surface area contributed by atoms with Crippen LogP contribution < -0.4 is 0 Å². The van der Waals surface area contributed by atoms with Crippen molar-refractivity contribution in [2.24, 2.45) is 29.6 Å². The molecule has 0 aromatic heterocycles. The molecule has 0 spiro atoms. The summed E-state index contributed by atoms with van der Waals surface area (Å²) in [7, 11) is 0. The Bertz CT molecular complexity index is 743. The van der Waals surface area contributed by atoms with Crippen molar-refractivity contribution in [3.8, 4) is 0 Å². The van der Waals surface area contributed by atoms with Crippen LogP contribution in [0.2, 0.25) is 0 Å². The number of ether oxygens (including phenoxy) is 3. The molecule has 1 unspecified atom stereocenters. The van der Waals surface area contributed by atoms with Crippen LogP contribution >= 0.6 is 0 Å². The Morgan fingerprint density at radius 1 is 0.590 bits per heavy atom. The third-order valence-electron chi connectivity index (χ3n) is 12.1. The van der Waals surface area contributed by atoms with Gasteiger partial charge in [0.1, 0.15) is 18.3 Å². The lowest BCUT2D eigenvalue weighted by atomic mass is 9.72. The minimum Gasteiger partial charge on any atom is -0.390 e. The van der Waals surface area contributed by atoms with Crippen molar-refractivity contribution in [2.45, 2.75) is 177 Å². The summed E-state index contributed by atoms with van der Waals surface area (Å²) in [5, 5.41) is 36.1. The van der Waals surface area contributed by atoms with Crippen LogP contribution in [-0.2, 0) is 14.2 Å². The van der Waals surface area contributed by atoms with E-state index in [-0.39, 0.29) is 17.8 Å². The first-order valence-corrected chi connectivity index (χ1v) is 17.1. The number of hydrogen-bond donors (Lipinski definition) is 3. The smallest absolute Gasteiger partial charge is 0.175 e. The van der Waals surface area contributed by atoms with E-state index in [1.165, 1.54) is 51.4 Å². The molecular formula is C33H56O6. The molecule has 39 heavy (non-hydrogen) atoms. The van der Waals surface area contributed by atoms with E-state index in [0.29, 0.717) is 11.8 Å². The van der Waals surface area contributed by atoms with Crippen molar-refractivity contribution >= 4 is 0 Å². The van der Waals surface area contributed by atoms with Crippen LogP contribution in [0.4, 0.5) is 0 Å². The van der Waals surface area contributed by atoms with E-state index in [9.17, 15) is 15.3 Å². The molecule has 5 aliphatic carbocycles. The van der Waals surface area contributed by atoms with Crippen molar-refractivity contribution < 1.29 is 29.5 Å². The molecule has 0 aromatic rings. The maximum atomic E-state index is 12.4. The molecule has 1 heterocycles. The van der Waals surface area contributed by atoms with Gasteiger partial charge >= 0.3 is 0 Å². The fraction of sp³-hybridized carbons (Fsp3) is 1.00. The molecule has 6 aliphatic rings. The van der Waals surface area contributed by atoms with E-state index in [0.717, 1.165) is 77.0 Å². The molecule has 5 saturated carbocycles. The molecule has 6 heteroatoms. The normalized spacial score (nSPS) is 40.0. The molecule has 224 valence electrons. The molecule has 1 saturated heterocycles. The molecule has 6 nitrogen and oxygen atoms in total. The second-order valence-electron chi connectivity index (χ2n) is 14.4. The first kappa shape index (κ1) is 28.9. The number of hydrogen-bond acceptors (Lipinski definition) is 6. The Morgan fingerprint density at radius 2 is 0.974 bits per heavy atom. The summed E-state index contributed by atoms with van der Waals surface area (Å²) in [4.78, 5) is 0. The van der Waals surface area contributed by atoms with Crippen LogP contribution in [0, 0.1) is 29.6 Å². The highest BCUT2D eigenvalue weighted by molar-refractivity contribution is 5.07. The van der Waals surface area contributed by atoms with Crippen molar-refractivity contribution in [2.75, 3.05) is 0 Å². The summed E-state index contributed by atoms with van der Waals surface area (Å²) < 4.78 is 20.8. The monoisotopic (exact) mass is 548 g/mol. The van der Waals surface area contributed by atoms with Gasteiger partial charge in [0.25, 0.3) is 0 Å². The van der Waals surface area contributed by atoms with Crippen molar-refractivity contribution in [1.29, 1.82) is 0 Å². The zero-order valence-electron chi connectivity index (χ0n) is 24.5. The highest BCUT2D eigenvalue weighted by Crippen LogP contribution is 2.54. The maximum absolute atomic E-state index is 12.4. The lowest BCUT2D eigenvalue weighted by molar-refractivity contribution is -0.331. The first-order chi connectivity index (χ1) is 18.9. The predicted molar refractivity (Wildman–Crippen MR) is 150 cm³/mol. The molecule has 6 rings (SSSR count). The lowest BCUT2D eigenvalue weighted by Crippen LogP contribution is -2.63. The summed E-state index contributed by atoms with van der Waals surface area (Å²) >= 11 is 0. The third kappa shape index (κ3) is 5.38. The van der Waals surface area contributed by atoms with Crippen LogP contribution in [-0.4, -0.2) is 57.4 Å². The Labute approximate surface area is 236 Å². The summed E-state index contributed by atoms with van der Waals surface area (Å²) in [5.41, 5.74) is 0. The van der Waals surface area contributed by atoms with Gasteiger partial charge in [-0.1, -0.05) is 84.0 Å². The van der Waals surface area contributed by atoms with Gasteiger partial charge < -0.3 is 29.5 Å². The van der Waals surface area contributed by atoms with Crippen molar-refractivity contribution in [1.82, 2.24) is 0 Å². The Balaban J connectivity index is 1.27. The van der Waals surface area contributed by atoms with Gasteiger partial charge in [-0.2, -0.15) is 0 Å². The maximum Gasteiger partial charge on any atom is 0.175 e. The largest absolute Gasteiger partial charge is 0.390 e. The highest BCUT2D eigenvalue weighted by Gasteiger charge is 2.64. The molecule has 3 N–H and O–H groups in total. The average molecular weight is 549 g/mol. The lowest BCUT2D eigenvalue weighted by Gasteiger charge is -2.50. The van der Waals surface area contributed by atoms with Gasteiger partial charge in [0.05, 0.1) is 12.2 Å². The molecular weight excluding hydrogens is 492 g/mol. The van der Waals surface area contributed by atoms with E-state index in [1.807, 2.05) is 6.92 Å². The Morgan fingerprint density at radius 3 is 1.41 bits per heavy atom. The van der Waals surface area contributed by atoms with E-state index >= 15 is 0 Å². The third-order valence-corrected chi connectivity index (χ3v) is 12.1. The molecule has 0 amide bonds. The van der Waals surface area contributed by atoms with Crippen LogP contribution in [0.15, 0.2) is 0 Å². The van der Waals surface area contributed by atoms with E-state index in [2.05, 4.69) is 0 Å². The van der Waals surface area contributed by atoms with E-state index in [4.69, 9.17) is 14.2 Å². The molecule has 6 fully saturated rings. The number of rotatable bonds is 6. The predicted octanol–water partition coefficient (Wildman–Crippen LogP) is 6.23. The van der Waals surface area contributed by atoms with Crippen LogP contribution in [0.25, 0.3) is 0 Å². The van der Waals surface area contributed by atoms with Crippen LogP contribution in [0.5, 0.6) is 0 Å². The SMILES string of the molecule is CC1[C@@H](O)[C@@H]2OC(C3CCCCC3)(C3CCCCC3)O[C@H]2[C@H](O)[C@H]1OC(O)(C1CCCCC1)C1CCCCC1. The fourth-order valence-corrected chi connectivity index (χ4v) is 9.79. The molecule has 1 aliphatic heterocycles. The van der Waals surface area contributed by atoms with E-state index < -0.39 is 42.1 Å². The Hall–Kier alpha value is -0.240. The summed E-state index contributed by atoms with van der Waals surface area (Å²) in [5.74, 6) is -1.50. The van der Waals surface area contributed by atoms with Crippen LogP contribution in [0.1, 0.15) is 135 Å². The fourth-order valence-electron chi connectivity index (χ4n) is 9.79.